The summed E-state index contributed by atoms with van der Waals surface area (Å²) >= 11 is 0. The van der Waals surface area contributed by atoms with Gasteiger partial charge in [0.15, 0.2) is 0 Å². The van der Waals surface area contributed by atoms with Crippen LogP contribution >= 0.6 is 0 Å². The third kappa shape index (κ3) is 2.65. The van der Waals surface area contributed by atoms with Crippen molar-refractivity contribution >= 4 is 11.3 Å². The van der Waals surface area contributed by atoms with Crippen LogP contribution in [0.25, 0.3) is 5.65 Å². The topological polar surface area (TPSA) is 58.8 Å². The molecule has 5 rings (SSSR count). The van der Waals surface area contributed by atoms with Crippen molar-refractivity contribution in [2.75, 3.05) is 44.3 Å². The number of hydrogen-bond acceptors (Lipinski definition) is 6. The Bertz CT molecular complexity index is 713. The first-order valence-corrected chi connectivity index (χ1v) is 9.16. The van der Waals surface area contributed by atoms with Gasteiger partial charge in [0, 0.05) is 51.4 Å². The van der Waals surface area contributed by atoms with Crippen molar-refractivity contribution in [3.8, 4) is 0 Å². The van der Waals surface area contributed by atoms with Gasteiger partial charge in [0.25, 0.3) is 0 Å². The van der Waals surface area contributed by atoms with Crippen LogP contribution in [0.1, 0.15) is 37.3 Å². The van der Waals surface area contributed by atoms with Gasteiger partial charge in [-0.1, -0.05) is 0 Å². The van der Waals surface area contributed by atoms with Crippen molar-refractivity contribution in [1.29, 1.82) is 0 Å². The molecule has 1 aliphatic carbocycles. The summed E-state index contributed by atoms with van der Waals surface area (Å²) in [7, 11) is 0. The lowest BCUT2D eigenvalue weighted by Gasteiger charge is -2.41. The second-order valence-corrected chi connectivity index (χ2v) is 7.19. The van der Waals surface area contributed by atoms with E-state index in [1.165, 1.54) is 37.1 Å². The molecule has 7 nitrogen and oxygen atoms in total. The smallest absolute Gasteiger partial charge is 0.200 e. The molecule has 2 aliphatic heterocycles. The molecule has 24 heavy (non-hydrogen) atoms. The largest absolute Gasteiger partial charge is 0.381 e. The number of nitrogens with zero attached hydrogens (tertiary/aromatic N) is 6. The molecule has 128 valence electrons. The molecule has 3 aliphatic rings. The number of rotatable bonds is 3. The molecule has 0 radical (unpaired) electrons. The molecule has 4 heterocycles. The van der Waals surface area contributed by atoms with E-state index in [4.69, 9.17) is 4.74 Å². The lowest BCUT2D eigenvalue weighted by atomic mass is 10.1. The molecular weight excluding hydrogens is 304 g/mol. The van der Waals surface area contributed by atoms with Gasteiger partial charge in [-0.3, -0.25) is 4.90 Å². The SMILES string of the molecule is c1c(C2CC2)nn2cnnc2c1N1CCN(C2CCOCC2)CC1. The van der Waals surface area contributed by atoms with E-state index in [0.717, 1.165) is 45.0 Å². The molecule has 0 amide bonds. The van der Waals surface area contributed by atoms with Crippen LogP contribution in [0.5, 0.6) is 0 Å². The van der Waals surface area contributed by atoms with E-state index in [1.54, 1.807) is 6.33 Å². The standard InChI is InChI=1S/C17H24N6O/c1-2-13(1)15-11-16(17-19-18-12-23(17)20-15)22-7-5-21(6-8-22)14-3-9-24-10-4-14/h11-14H,1-10H2. The summed E-state index contributed by atoms with van der Waals surface area (Å²) in [4.78, 5) is 5.11. The van der Waals surface area contributed by atoms with Gasteiger partial charge < -0.3 is 9.64 Å². The predicted molar refractivity (Wildman–Crippen MR) is 90.4 cm³/mol. The Hall–Kier alpha value is -1.73. The van der Waals surface area contributed by atoms with E-state index in [2.05, 4.69) is 31.2 Å². The monoisotopic (exact) mass is 328 g/mol. The fourth-order valence-electron chi connectivity index (χ4n) is 4.02. The van der Waals surface area contributed by atoms with Crippen LogP contribution in [0.15, 0.2) is 12.4 Å². The molecule has 0 atom stereocenters. The highest BCUT2D eigenvalue weighted by atomic mass is 16.5. The van der Waals surface area contributed by atoms with E-state index in [-0.39, 0.29) is 0 Å². The number of anilines is 1. The zero-order valence-electron chi connectivity index (χ0n) is 14.0. The summed E-state index contributed by atoms with van der Waals surface area (Å²) in [6.07, 6.45) is 6.60. The number of piperazine rings is 1. The average Bonchev–Trinajstić information content (AvgIpc) is 3.39. The fourth-order valence-corrected chi connectivity index (χ4v) is 4.02. The molecule has 1 saturated carbocycles. The summed E-state index contributed by atoms with van der Waals surface area (Å²) in [6.45, 7) is 6.17. The number of fused-ring (bicyclic) bond motifs is 1. The average molecular weight is 328 g/mol. The van der Waals surface area contributed by atoms with Crippen molar-refractivity contribution in [2.45, 2.75) is 37.6 Å². The summed E-state index contributed by atoms with van der Waals surface area (Å²) in [5.74, 6) is 0.638. The summed E-state index contributed by atoms with van der Waals surface area (Å²) in [6, 6.07) is 2.96. The molecule has 0 N–H and O–H groups in total. The lowest BCUT2D eigenvalue weighted by molar-refractivity contribution is 0.0321. The molecule has 0 aromatic carbocycles. The minimum absolute atomic E-state index is 0.638. The van der Waals surface area contributed by atoms with Crippen molar-refractivity contribution in [3.63, 3.8) is 0 Å². The Labute approximate surface area is 141 Å². The van der Waals surface area contributed by atoms with Crippen molar-refractivity contribution in [3.05, 3.63) is 18.1 Å². The molecule has 2 saturated heterocycles. The zero-order valence-corrected chi connectivity index (χ0v) is 14.0. The fraction of sp³-hybridized carbons (Fsp3) is 0.706. The van der Waals surface area contributed by atoms with Crippen molar-refractivity contribution in [1.82, 2.24) is 24.7 Å². The number of ether oxygens (including phenoxy) is 1. The molecule has 0 bridgehead atoms. The first kappa shape index (κ1) is 14.6. The third-order valence-electron chi connectivity index (χ3n) is 5.63. The van der Waals surface area contributed by atoms with Crippen molar-refractivity contribution in [2.24, 2.45) is 0 Å². The summed E-state index contributed by atoms with van der Waals surface area (Å²) < 4.78 is 7.35. The van der Waals surface area contributed by atoms with E-state index in [9.17, 15) is 0 Å². The van der Waals surface area contributed by atoms with Gasteiger partial charge in [-0.15, -0.1) is 10.2 Å². The van der Waals surface area contributed by atoms with E-state index < -0.39 is 0 Å². The van der Waals surface area contributed by atoms with Crippen LogP contribution in [-0.2, 0) is 4.74 Å². The van der Waals surface area contributed by atoms with Gasteiger partial charge in [0.05, 0.1) is 11.4 Å². The second kappa shape index (κ2) is 5.97. The maximum atomic E-state index is 5.50. The van der Waals surface area contributed by atoms with E-state index >= 15 is 0 Å². The quantitative estimate of drug-likeness (QED) is 0.846. The molecule has 2 aromatic heterocycles. The Morgan fingerprint density at radius 2 is 1.79 bits per heavy atom. The maximum absolute atomic E-state index is 5.50. The first-order chi connectivity index (χ1) is 11.9. The molecule has 3 fully saturated rings. The molecule has 7 heteroatoms. The van der Waals surface area contributed by atoms with Gasteiger partial charge >= 0.3 is 0 Å². The van der Waals surface area contributed by atoms with Gasteiger partial charge in [-0.05, 0) is 31.7 Å². The van der Waals surface area contributed by atoms with Gasteiger partial charge in [0.1, 0.15) is 6.33 Å². The molecule has 0 unspecified atom stereocenters. The normalized spacial score (nSPS) is 23.9. The highest BCUT2D eigenvalue weighted by Crippen LogP contribution is 2.40. The van der Waals surface area contributed by atoms with Crippen LogP contribution in [0.3, 0.4) is 0 Å². The minimum atomic E-state index is 0.638. The minimum Gasteiger partial charge on any atom is -0.381 e. The first-order valence-electron chi connectivity index (χ1n) is 9.16. The lowest BCUT2D eigenvalue weighted by Crippen LogP contribution is -2.51. The van der Waals surface area contributed by atoms with Crippen LogP contribution in [0.2, 0.25) is 0 Å². The number of aromatic nitrogens is 4. The predicted octanol–water partition coefficient (Wildman–Crippen LogP) is 1.30. The Kier molecular flexibility index (Phi) is 3.63. The highest BCUT2D eigenvalue weighted by Gasteiger charge is 2.30. The van der Waals surface area contributed by atoms with Crippen LogP contribution in [0, 0.1) is 0 Å². The highest BCUT2D eigenvalue weighted by molar-refractivity contribution is 5.68. The van der Waals surface area contributed by atoms with Crippen LogP contribution in [-0.4, -0.2) is 70.1 Å². The molecule has 0 spiro atoms. The summed E-state index contributed by atoms with van der Waals surface area (Å²) in [5, 5.41) is 13.0. The van der Waals surface area contributed by atoms with Crippen LogP contribution < -0.4 is 4.90 Å². The van der Waals surface area contributed by atoms with Crippen molar-refractivity contribution < 1.29 is 4.74 Å². The van der Waals surface area contributed by atoms with Gasteiger partial charge in [-0.2, -0.15) is 9.61 Å². The van der Waals surface area contributed by atoms with Crippen LogP contribution in [0.4, 0.5) is 5.69 Å². The van der Waals surface area contributed by atoms with E-state index in [0.29, 0.717) is 12.0 Å². The second-order valence-electron chi connectivity index (χ2n) is 7.19. The zero-order chi connectivity index (χ0) is 15.9. The third-order valence-corrected chi connectivity index (χ3v) is 5.63. The summed E-state index contributed by atoms with van der Waals surface area (Å²) in [5.41, 5.74) is 3.29. The van der Waals surface area contributed by atoms with Gasteiger partial charge in [0.2, 0.25) is 5.65 Å². The Balaban J connectivity index is 1.35. The Morgan fingerprint density at radius 1 is 1.00 bits per heavy atom. The molecular formula is C17H24N6O. The molecule has 2 aromatic rings. The maximum Gasteiger partial charge on any atom is 0.200 e. The van der Waals surface area contributed by atoms with E-state index in [1.807, 2.05) is 4.52 Å². The Morgan fingerprint density at radius 3 is 2.54 bits per heavy atom. The van der Waals surface area contributed by atoms with Gasteiger partial charge in [-0.25, -0.2) is 0 Å². The number of hydrogen-bond donors (Lipinski definition) is 0.